The van der Waals surface area contributed by atoms with Crippen molar-refractivity contribution < 1.29 is 4.79 Å². The van der Waals surface area contributed by atoms with Gasteiger partial charge in [-0.25, -0.2) is 0 Å². The number of aromatic nitrogens is 1. The lowest BCUT2D eigenvalue weighted by atomic mass is 10.0. The normalized spacial score (nSPS) is 12.5. The largest absolute Gasteiger partial charge is 0.358 e. The van der Waals surface area contributed by atoms with Crippen LogP contribution in [0, 0.1) is 12.8 Å². The van der Waals surface area contributed by atoms with E-state index < -0.39 is 0 Å². The molecule has 0 aliphatic heterocycles. The summed E-state index contributed by atoms with van der Waals surface area (Å²) in [4.78, 5) is 15.9. The van der Waals surface area contributed by atoms with E-state index in [1.807, 2.05) is 12.3 Å². The molecule has 4 nitrogen and oxygen atoms in total. The number of likely N-dealkylation sites (N-methyl/N-ethyl adjacent to an activating group) is 1. The molecule has 1 aromatic rings. The van der Waals surface area contributed by atoms with Gasteiger partial charge in [-0.1, -0.05) is 13.8 Å². The monoisotopic (exact) mass is 249 g/mol. The van der Waals surface area contributed by atoms with E-state index in [1.54, 1.807) is 13.2 Å². The molecular weight excluding hydrogens is 226 g/mol. The Kier molecular flexibility index (Phi) is 5.78. The van der Waals surface area contributed by atoms with E-state index in [2.05, 4.69) is 36.4 Å². The first-order valence-corrected chi connectivity index (χ1v) is 6.39. The minimum atomic E-state index is -0.144. The van der Waals surface area contributed by atoms with E-state index in [9.17, 15) is 4.79 Å². The fourth-order valence-electron chi connectivity index (χ4n) is 1.84. The van der Waals surface area contributed by atoms with Crippen LogP contribution < -0.4 is 10.6 Å². The standard InChI is InChI=1S/C14H23N3O/c1-10(2)7-13(14(18)15-4)17-9-12-8-16-6-5-11(12)3/h5-6,8,10,13,17H,7,9H2,1-4H3,(H,15,18). The molecular formula is C14H23N3O. The molecule has 1 aromatic heterocycles. The molecule has 0 aliphatic carbocycles. The lowest BCUT2D eigenvalue weighted by molar-refractivity contribution is -0.123. The van der Waals surface area contributed by atoms with Crippen LogP contribution in [0.5, 0.6) is 0 Å². The zero-order valence-electron chi connectivity index (χ0n) is 11.7. The number of hydrogen-bond acceptors (Lipinski definition) is 3. The van der Waals surface area contributed by atoms with Crippen molar-refractivity contribution in [2.75, 3.05) is 7.05 Å². The summed E-state index contributed by atoms with van der Waals surface area (Å²) < 4.78 is 0. The fourth-order valence-corrected chi connectivity index (χ4v) is 1.84. The van der Waals surface area contributed by atoms with Crippen molar-refractivity contribution in [3.05, 3.63) is 29.6 Å². The molecule has 0 fully saturated rings. The topological polar surface area (TPSA) is 54.0 Å². The number of carbonyl (C=O) groups is 1. The number of hydrogen-bond donors (Lipinski definition) is 2. The highest BCUT2D eigenvalue weighted by Gasteiger charge is 2.17. The van der Waals surface area contributed by atoms with Gasteiger partial charge in [-0.15, -0.1) is 0 Å². The Morgan fingerprint density at radius 3 is 2.72 bits per heavy atom. The first-order chi connectivity index (χ1) is 8.54. The zero-order chi connectivity index (χ0) is 13.5. The Labute approximate surface area is 109 Å². The Morgan fingerprint density at radius 2 is 2.17 bits per heavy atom. The van der Waals surface area contributed by atoms with E-state index in [-0.39, 0.29) is 11.9 Å². The maximum Gasteiger partial charge on any atom is 0.236 e. The first kappa shape index (κ1) is 14.6. The van der Waals surface area contributed by atoms with Gasteiger partial charge in [0.05, 0.1) is 6.04 Å². The number of nitrogens with zero attached hydrogens (tertiary/aromatic N) is 1. The van der Waals surface area contributed by atoms with Crippen molar-refractivity contribution in [1.29, 1.82) is 0 Å². The van der Waals surface area contributed by atoms with E-state index in [0.717, 1.165) is 12.0 Å². The van der Waals surface area contributed by atoms with Gasteiger partial charge < -0.3 is 10.6 Å². The second-order valence-electron chi connectivity index (χ2n) is 4.98. The maximum atomic E-state index is 11.8. The van der Waals surface area contributed by atoms with Crippen molar-refractivity contribution in [2.45, 2.75) is 39.8 Å². The highest BCUT2D eigenvalue weighted by Crippen LogP contribution is 2.08. The molecule has 1 rings (SSSR count). The maximum absolute atomic E-state index is 11.8. The quantitative estimate of drug-likeness (QED) is 0.806. The Bertz CT molecular complexity index is 390. The number of pyridine rings is 1. The van der Waals surface area contributed by atoms with Crippen LogP contribution in [0.4, 0.5) is 0 Å². The van der Waals surface area contributed by atoms with Gasteiger partial charge in [0.2, 0.25) is 5.91 Å². The first-order valence-electron chi connectivity index (χ1n) is 6.39. The van der Waals surface area contributed by atoms with Crippen molar-refractivity contribution in [2.24, 2.45) is 5.92 Å². The van der Waals surface area contributed by atoms with Crippen molar-refractivity contribution in [3.8, 4) is 0 Å². The van der Waals surface area contributed by atoms with Crippen LogP contribution in [0.25, 0.3) is 0 Å². The molecule has 0 aliphatic rings. The smallest absolute Gasteiger partial charge is 0.236 e. The summed E-state index contributed by atoms with van der Waals surface area (Å²) in [5, 5.41) is 6.01. The fraction of sp³-hybridized carbons (Fsp3) is 0.571. The number of carbonyl (C=O) groups excluding carboxylic acids is 1. The second-order valence-corrected chi connectivity index (χ2v) is 4.98. The van der Waals surface area contributed by atoms with Gasteiger partial charge in [0.1, 0.15) is 0 Å². The van der Waals surface area contributed by atoms with Gasteiger partial charge in [-0.3, -0.25) is 9.78 Å². The molecule has 0 saturated heterocycles. The number of nitrogens with one attached hydrogen (secondary N) is 2. The second kappa shape index (κ2) is 7.11. The molecule has 4 heteroatoms. The predicted octanol–water partition coefficient (Wildman–Crippen LogP) is 1.64. The number of aryl methyl sites for hydroxylation is 1. The summed E-state index contributed by atoms with van der Waals surface area (Å²) in [6.45, 7) is 6.96. The molecule has 18 heavy (non-hydrogen) atoms. The van der Waals surface area contributed by atoms with Gasteiger partial charge in [0, 0.05) is 26.0 Å². The number of rotatable bonds is 6. The summed E-state index contributed by atoms with van der Waals surface area (Å²) in [5.74, 6) is 0.528. The van der Waals surface area contributed by atoms with Gasteiger partial charge in [0.15, 0.2) is 0 Å². The van der Waals surface area contributed by atoms with Crippen molar-refractivity contribution >= 4 is 5.91 Å². The highest BCUT2D eigenvalue weighted by molar-refractivity contribution is 5.81. The molecule has 0 radical (unpaired) electrons. The van der Waals surface area contributed by atoms with Crippen molar-refractivity contribution in [1.82, 2.24) is 15.6 Å². The summed E-state index contributed by atoms with van der Waals surface area (Å²) in [6.07, 6.45) is 4.46. The Hall–Kier alpha value is -1.42. The molecule has 1 amide bonds. The molecule has 1 atom stereocenters. The average Bonchev–Trinajstić information content (AvgIpc) is 2.34. The zero-order valence-corrected chi connectivity index (χ0v) is 11.7. The van der Waals surface area contributed by atoms with E-state index in [4.69, 9.17) is 0 Å². The number of amides is 1. The molecule has 100 valence electrons. The molecule has 0 saturated carbocycles. The van der Waals surface area contributed by atoms with Crippen LogP contribution in [-0.4, -0.2) is 24.0 Å². The summed E-state index contributed by atoms with van der Waals surface area (Å²) in [6, 6.07) is 1.84. The minimum absolute atomic E-state index is 0.0465. The third-order valence-corrected chi connectivity index (χ3v) is 2.96. The van der Waals surface area contributed by atoms with Crippen LogP contribution >= 0.6 is 0 Å². The van der Waals surface area contributed by atoms with E-state index in [1.165, 1.54) is 5.56 Å². The summed E-state index contributed by atoms with van der Waals surface area (Å²) in [5.41, 5.74) is 2.33. The third-order valence-electron chi connectivity index (χ3n) is 2.96. The molecule has 1 unspecified atom stereocenters. The predicted molar refractivity (Wildman–Crippen MR) is 73.1 cm³/mol. The van der Waals surface area contributed by atoms with Crippen LogP contribution in [0.2, 0.25) is 0 Å². The molecule has 0 bridgehead atoms. The van der Waals surface area contributed by atoms with Gasteiger partial charge in [-0.05, 0) is 36.5 Å². The minimum Gasteiger partial charge on any atom is -0.358 e. The summed E-state index contributed by atoms with van der Waals surface area (Å²) >= 11 is 0. The van der Waals surface area contributed by atoms with Crippen LogP contribution in [0.3, 0.4) is 0 Å². The Balaban J connectivity index is 2.62. The molecule has 0 aromatic carbocycles. The SMILES string of the molecule is CNC(=O)C(CC(C)C)NCc1cnccc1C. The average molecular weight is 249 g/mol. The molecule has 1 heterocycles. The van der Waals surface area contributed by atoms with Crippen LogP contribution in [0.15, 0.2) is 18.5 Å². The van der Waals surface area contributed by atoms with Gasteiger partial charge >= 0.3 is 0 Å². The van der Waals surface area contributed by atoms with E-state index >= 15 is 0 Å². The van der Waals surface area contributed by atoms with Gasteiger partial charge in [0.25, 0.3) is 0 Å². The Morgan fingerprint density at radius 1 is 1.44 bits per heavy atom. The van der Waals surface area contributed by atoms with Crippen molar-refractivity contribution in [3.63, 3.8) is 0 Å². The third kappa shape index (κ3) is 4.45. The lowest BCUT2D eigenvalue weighted by Crippen LogP contribution is -2.43. The van der Waals surface area contributed by atoms with Crippen LogP contribution in [-0.2, 0) is 11.3 Å². The van der Waals surface area contributed by atoms with Crippen LogP contribution in [0.1, 0.15) is 31.4 Å². The molecule has 0 spiro atoms. The molecule has 2 N–H and O–H groups in total. The van der Waals surface area contributed by atoms with Gasteiger partial charge in [-0.2, -0.15) is 0 Å². The van der Waals surface area contributed by atoms with E-state index in [0.29, 0.717) is 12.5 Å². The summed E-state index contributed by atoms with van der Waals surface area (Å²) in [7, 11) is 1.67. The lowest BCUT2D eigenvalue weighted by Gasteiger charge is -2.19. The highest BCUT2D eigenvalue weighted by atomic mass is 16.2.